The van der Waals surface area contributed by atoms with Crippen LogP contribution in [0.25, 0.3) is 0 Å². The van der Waals surface area contributed by atoms with Crippen molar-refractivity contribution in [2.24, 2.45) is 0 Å². The number of likely N-dealkylation sites (N-methyl/N-ethyl adjacent to an activating group) is 1. The summed E-state index contributed by atoms with van der Waals surface area (Å²) in [6.45, 7) is 0.507. The van der Waals surface area contributed by atoms with Crippen LogP contribution in [0.4, 0.5) is 0 Å². The van der Waals surface area contributed by atoms with Gasteiger partial charge in [-0.25, -0.2) is 0 Å². The van der Waals surface area contributed by atoms with Gasteiger partial charge in [0.15, 0.2) is 0 Å². The molecule has 1 aromatic rings. The number of rotatable bonds is 8. The van der Waals surface area contributed by atoms with Gasteiger partial charge in [0.25, 0.3) is 0 Å². The van der Waals surface area contributed by atoms with Gasteiger partial charge in [-0.2, -0.15) is 0 Å². The third kappa shape index (κ3) is 5.32. The summed E-state index contributed by atoms with van der Waals surface area (Å²) >= 11 is 11.9. The Hall–Kier alpha value is -1.01. The molecular weight excluding hydrogens is 327 g/mol. The van der Waals surface area contributed by atoms with E-state index in [4.69, 9.17) is 27.9 Å². The van der Waals surface area contributed by atoms with Crippen LogP contribution in [0.1, 0.15) is 12.8 Å². The summed E-state index contributed by atoms with van der Waals surface area (Å²) < 4.78 is 5.41. The maximum Gasteiger partial charge on any atom is 0.234 e. The second kappa shape index (κ2) is 8.02. The van der Waals surface area contributed by atoms with Gasteiger partial charge in [-0.05, 0) is 32.0 Å². The lowest BCUT2D eigenvalue weighted by Gasteiger charge is -2.17. The molecule has 1 amide bonds. The molecule has 0 aliphatic heterocycles. The lowest BCUT2D eigenvalue weighted by Crippen LogP contribution is -2.41. The van der Waals surface area contributed by atoms with E-state index in [-0.39, 0.29) is 19.1 Å². The molecule has 1 unspecified atom stereocenters. The van der Waals surface area contributed by atoms with Crippen molar-refractivity contribution in [3.05, 3.63) is 28.2 Å². The fourth-order valence-corrected chi connectivity index (χ4v) is 2.35. The molecule has 1 aliphatic carbocycles. The predicted molar refractivity (Wildman–Crippen MR) is 86.6 cm³/mol. The van der Waals surface area contributed by atoms with Crippen LogP contribution in [0.5, 0.6) is 5.75 Å². The molecule has 1 aliphatic rings. The number of ether oxygens (including phenoxy) is 1. The van der Waals surface area contributed by atoms with Crippen molar-refractivity contribution in [3.8, 4) is 5.75 Å². The number of carbonyl (C=O) groups is 1. The number of nitrogens with zero attached hydrogens (tertiary/aromatic N) is 1. The number of aliphatic hydroxyl groups excluding tert-OH is 1. The van der Waals surface area contributed by atoms with Gasteiger partial charge in [-0.3, -0.25) is 9.69 Å². The third-order valence-corrected chi connectivity index (χ3v) is 4.25. The molecule has 0 heterocycles. The predicted octanol–water partition coefficient (Wildman–Crippen LogP) is 1.94. The summed E-state index contributed by atoms with van der Waals surface area (Å²) in [5.41, 5.74) is 0. The zero-order valence-corrected chi connectivity index (χ0v) is 13.9. The number of aliphatic hydroxyl groups is 1. The SMILES string of the molecule is CN(CC(=O)NCC(O)COc1cccc(Cl)c1Cl)C1CC1. The first-order valence-electron chi connectivity index (χ1n) is 7.19. The van der Waals surface area contributed by atoms with Crippen LogP contribution < -0.4 is 10.1 Å². The van der Waals surface area contributed by atoms with E-state index in [1.165, 1.54) is 0 Å². The highest BCUT2D eigenvalue weighted by molar-refractivity contribution is 6.42. The zero-order valence-electron chi connectivity index (χ0n) is 12.4. The molecule has 1 aromatic carbocycles. The molecule has 0 radical (unpaired) electrons. The number of carbonyl (C=O) groups excluding carboxylic acids is 1. The monoisotopic (exact) mass is 346 g/mol. The molecule has 22 heavy (non-hydrogen) atoms. The third-order valence-electron chi connectivity index (χ3n) is 3.45. The molecule has 1 fully saturated rings. The lowest BCUT2D eigenvalue weighted by molar-refractivity contribution is -0.122. The fourth-order valence-electron chi connectivity index (χ4n) is 2.00. The second-order valence-electron chi connectivity index (χ2n) is 5.47. The molecule has 1 atom stereocenters. The topological polar surface area (TPSA) is 61.8 Å². The van der Waals surface area contributed by atoms with E-state index in [1.807, 2.05) is 11.9 Å². The molecule has 122 valence electrons. The first kappa shape index (κ1) is 17.3. The Kier molecular flexibility index (Phi) is 6.32. The highest BCUT2D eigenvalue weighted by Gasteiger charge is 2.27. The van der Waals surface area contributed by atoms with Crippen molar-refractivity contribution in [2.45, 2.75) is 25.0 Å². The van der Waals surface area contributed by atoms with Crippen molar-refractivity contribution in [1.29, 1.82) is 0 Å². The Morgan fingerprint density at radius 1 is 1.50 bits per heavy atom. The Morgan fingerprint density at radius 2 is 2.23 bits per heavy atom. The maximum absolute atomic E-state index is 11.7. The van der Waals surface area contributed by atoms with Crippen LogP contribution >= 0.6 is 23.2 Å². The van der Waals surface area contributed by atoms with E-state index < -0.39 is 6.10 Å². The number of halogens is 2. The number of nitrogens with one attached hydrogen (secondary N) is 1. The van der Waals surface area contributed by atoms with Crippen molar-refractivity contribution >= 4 is 29.1 Å². The van der Waals surface area contributed by atoms with Gasteiger partial charge in [0.2, 0.25) is 5.91 Å². The van der Waals surface area contributed by atoms with Crippen LogP contribution in [-0.2, 0) is 4.79 Å². The highest BCUT2D eigenvalue weighted by Crippen LogP contribution is 2.31. The molecule has 2 N–H and O–H groups in total. The summed E-state index contributed by atoms with van der Waals surface area (Å²) in [5, 5.41) is 13.2. The molecule has 0 aromatic heterocycles. The average Bonchev–Trinajstić information content (AvgIpc) is 3.31. The van der Waals surface area contributed by atoms with E-state index in [0.717, 1.165) is 12.8 Å². The van der Waals surface area contributed by atoms with Crippen LogP contribution in [0.15, 0.2) is 18.2 Å². The van der Waals surface area contributed by atoms with Gasteiger partial charge in [0.05, 0.1) is 11.6 Å². The molecule has 1 saturated carbocycles. The molecule has 0 spiro atoms. The van der Waals surface area contributed by atoms with Crippen LogP contribution in [0.3, 0.4) is 0 Å². The molecule has 2 rings (SSSR count). The van der Waals surface area contributed by atoms with Gasteiger partial charge in [0.1, 0.15) is 23.5 Å². The number of benzene rings is 1. The summed E-state index contributed by atoms with van der Waals surface area (Å²) in [5.74, 6) is 0.308. The maximum atomic E-state index is 11.7. The molecule has 0 bridgehead atoms. The molecule has 5 nitrogen and oxygen atoms in total. The van der Waals surface area contributed by atoms with Gasteiger partial charge < -0.3 is 15.2 Å². The average molecular weight is 347 g/mol. The second-order valence-corrected chi connectivity index (χ2v) is 6.25. The molecule has 0 saturated heterocycles. The first-order valence-corrected chi connectivity index (χ1v) is 7.94. The Balaban J connectivity index is 1.68. The summed E-state index contributed by atoms with van der Waals surface area (Å²) in [4.78, 5) is 13.7. The summed E-state index contributed by atoms with van der Waals surface area (Å²) in [6.07, 6.45) is 1.49. The standard InChI is InChI=1S/C15H20Cl2N2O3/c1-19(10-5-6-10)8-14(21)18-7-11(20)9-22-13-4-2-3-12(16)15(13)17/h2-4,10-11,20H,5-9H2,1H3,(H,18,21). The fraction of sp³-hybridized carbons (Fsp3) is 0.533. The summed E-state index contributed by atoms with van der Waals surface area (Å²) in [7, 11) is 1.93. The van der Waals surface area contributed by atoms with Crippen molar-refractivity contribution < 1.29 is 14.6 Å². The lowest BCUT2D eigenvalue weighted by atomic mass is 10.3. The minimum atomic E-state index is -0.815. The quantitative estimate of drug-likeness (QED) is 0.755. The Bertz CT molecular complexity index is 524. The zero-order chi connectivity index (χ0) is 16.1. The van der Waals surface area contributed by atoms with E-state index >= 15 is 0 Å². The largest absolute Gasteiger partial charge is 0.489 e. The Morgan fingerprint density at radius 3 is 2.91 bits per heavy atom. The van der Waals surface area contributed by atoms with Crippen LogP contribution in [0, 0.1) is 0 Å². The van der Waals surface area contributed by atoms with E-state index in [0.29, 0.717) is 28.4 Å². The smallest absolute Gasteiger partial charge is 0.234 e. The van der Waals surface area contributed by atoms with Crippen molar-refractivity contribution in [3.63, 3.8) is 0 Å². The van der Waals surface area contributed by atoms with Crippen molar-refractivity contribution in [1.82, 2.24) is 10.2 Å². The van der Waals surface area contributed by atoms with Crippen LogP contribution in [-0.4, -0.2) is 54.8 Å². The first-order chi connectivity index (χ1) is 10.5. The number of hydrogen-bond donors (Lipinski definition) is 2. The molecular formula is C15H20Cl2N2O3. The van der Waals surface area contributed by atoms with Crippen LogP contribution in [0.2, 0.25) is 10.0 Å². The van der Waals surface area contributed by atoms with E-state index in [9.17, 15) is 9.90 Å². The minimum Gasteiger partial charge on any atom is -0.489 e. The number of hydrogen-bond acceptors (Lipinski definition) is 4. The molecule has 7 heteroatoms. The number of amides is 1. The van der Waals surface area contributed by atoms with E-state index in [1.54, 1.807) is 18.2 Å². The van der Waals surface area contributed by atoms with E-state index in [2.05, 4.69) is 5.32 Å². The van der Waals surface area contributed by atoms with Gasteiger partial charge in [-0.15, -0.1) is 0 Å². The van der Waals surface area contributed by atoms with Crippen molar-refractivity contribution in [2.75, 3.05) is 26.7 Å². The normalized spacial score (nSPS) is 15.7. The summed E-state index contributed by atoms with van der Waals surface area (Å²) in [6, 6.07) is 5.57. The van der Waals surface area contributed by atoms with Gasteiger partial charge in [0, 0.05) is 12.6 Å². The Labute approximate surface area is 140 Å². The minimum absolute atomic E-state index is 0.0266. The highest BCUT2D eigenvalue weighted by atomic mass is 35.5. The van der Waals surface area contributed by atoms with Gasteiger partial charge >= 0.3 is 0 Å². The van der Waals surface area contributed by atoms with Gasteiger partial charge in [-0.1, -0.05) is 29.3 Å².